The Kier molecular flexibility index (Phi) is 4.35. The van der Waals surface area contributed by atoms with Gasteiger partial charge in [0.05, 0.1) is 6.04 Å². The third-order valence-electron chi connectivity index (χ3n) is 3.47. The van der Waals surface area contributed by atoms with E-state index in [1.807, 2.05) is 0 Å². The Balaban J connectivity index is 2.37. The van der Waals surface area contributed by atoms with Crippen LogP contribution in [0.15, 0.2) is 42.5 Å². The van der Waals surface area contributed by atoms with Crippen LogP contribution < -0.4 is 11.3 Å². The molecule has 0 saturated carbocycles. The van der Waals surface area contributed by atoms with Crippen molar-refractivity contribution in [3.63, 3.8) is 0 Å². The molecular weight excluding hydrogens is 232 g/mol. The van der Waals surface area contributed by atoms with Gasteiger partial charge in [0.15, 0.2) is 0 Å². The van der Waals surface area contributed by atoms with Gasteiger partial charge in [0.1, 0.15) is 0 Å². The number of hydrogen-bond donors (Lipinski definition) is 2. The first-order valence-electron chi connectivity index (χ1n) is 6.77. The maximum Gasteiger partial charge on any atom is 0.0710 e. The van der Waals surface area contributed by atoms with E-state index in [1.54, 1.807) is 0 Å². The van der Waals surface area contributed by atoms with Gasteiger partial charge in [-0.3, -0.25) is 5.84 Å². The Morgan fingerprint density at radius 1 is 0.947 bits per heavy atom. The Bertz CT molecular complexity index is 523. The summed E-state index contributed by atoms with van der Waals surface area (Å²) in [6.45, 7) is 6.39. The first-order valence-corrected chi connectivity index (χ1v) is 6.77. The number of hydrogen-bond acceptors (Lipinski definition) is 2. The molecule has 2 rings (SSSR count). The highest BCUT2D eigenvalue weighted by molar-refractivity contribution is 5.37. The molecule has 100 valence electrons. The predicted molar refractivity (Wildman–Crippen MR) is 80.9 cm³/mol. The topological polar surface area (TPSA) is 38.0 Å². The Labute approximate surface area is 115 Å². The summed E-state index contributed by atoms with van der Waals surface area (Å²) in [5.41, 5.74) is 9.21. The molecule has 0 heterocycles. The van der Waals surface area contributed by atoms with E-state index in [1.165, 1.54) is 27.8 Å². The molecule has 0 aliphatic rings. The number of benzene rings is 2. The fourth-order valence-electron chi connectivity index (χ4n) is 2.51. The van der Waals surface area contributed by atoms with Crippen LogP contribution in [0.25, 0.3) is 0 Å². The zero-order valence-electron chi connectivity index (χ0n) is 11.9. The van der Waals surface area contributed by atoms with E-state index in [-0.39, 0.29) is 6.04 Å². The molecule has 2 heteroatoms. The highest BCUT2D eigenvalue weighted by atomic mass is 15.2. The van der Waals surface area contributed by atoms with Gasteiger partial charge in [-0.05, 0) is 37.0 Å². The average Bonchev–Trinajstić information content (AvgIpc) is 2.39. The first-order chi connectivity index (χ1) is 9.13. The molecule has 0 aliphatic heterocycles. The Hall–Kier alpha value is -1.64. The van der Waals surface area contributed by atoms with Gasteiger partial charge in [-0.1, -0.05) is 60.5 Å². The number of rotatable bonds is 4. The van der Waals surface area contributed by atoms with Crippen LogP contribution in [0.4, 0.5) is 0 Å². The Morgan fingerprint density at radius 3 is 2.00 bits per heavy atom. The highest BCUT2D eigenvalue weighted by Gasteiger charge is 2.12. The molecule has 0 saturated heterocycles. The lowest BCUT2D eigenvalue weighted by atomic mass is 9.95. The van der Waals surface area contributed by atoms with E-state index in [4.69, 9.17) is 5.84 Å². The number of hydrazine groups is 1. The van der Waals surface area contributed by atoms with E-state index in [9.17, 15) is 0 Å². The highest BCUT2D eigenvalue weighted by Crippen LogP contribution is 2.23. The molecule has 0 spiro atoms. The fourth-order valence-corrected chi connectivity index (χ4v) is 2.51. The molecular formula is C17H22N2. The zero-order valence-corrected chi connectivity index (χ0v) is 11.9. The van der Waals surface area contributed by atoms with Crippen LogP contribution in [-0.2, 0) is 6.42 Å². The number of nitrogens with two attached hydrogens (primary N) is 1. The molecule has 1 unspecified atom stereocenters. The lowest BCUT2D eigenvalue weighted by Gasteiger charge is -2.18. The van der Waals surface area contributed by atoms with Crippen molar-refractivity contribution in [2.75, 3.05) is 0 Å². The van der Waals surface area contributed by atoms with Gasteiger partial charge in [0, 0.05) is 0 Å². The van der Waals surface area contributed by atoms with Crippen molar-refractivity contribution in [2.45, 2.75) is 33.2 Å². The fraction of sp³-hybridized carbons (Fsp3) is 0.294. The quantitative estimate of drug-likeness (QED) is 0.648. The van der Waals surface area contributed by atoms with Gasteiger partial charge in [0.2, 0.25) is 0 Å². The maximum atomic E-state index is 5.76. The molecule has 0 aliphatic carbocycles. The van der Waals surface area contributed by atoms with Crippen molar-refractivity contribution in [2.24, 2.45) is 5.84 Å². The zero-order chi connectivity index (χ0) is 13.8. The van der Waals surface area contributed by atoms with Crippen LogP contribution >= 0.6 is 0 Å². The molecule has 19 heavy (non-hydrogen) atoms. The minimum absolute atomic E-state index is 0.0458. The molecule has 2 aromatic rings. The van der Waals surface area contributed by atoms with Crippen molar-refractivity contribution in [3.8, 4) is 0 Å². The second-order valence-corrected chi connectivity index (χ2v) is 5.12. The van der Waals surface area contributed by atoms with Gasteiger partial charge in [-0.2, -0.15) is 0 Å². The average molecular weight is 254 g/mol. The summed E-state index contributed by atoms with van der Waals surface area (Å²) < 4.78 is 0. The summed E-state index contributed by atoms with van der Waals surface area (Å²) in [4.78, 5) is 0. The number of nitrogens with one attached hydrogen (secondary N) is 1. The van der Waals surface area contributed by atoms with Crippen molar-refractivity contribution >= 4 is 0 Å². The van der Waals surface area contributed by atoms with E-state index in [0.29, 0.717) is 0 Å². The van der Waals surface area contributed by atoms with E-state index >= 15 is 0 Å². The summed E-state index contributed by atoms with van der Waals surface area (Å²) >= 11 is 0. The van der Waals surface area contributed by atoms with Crippen LogP contribution in [0, 0.1) is 13.8 Å². The number of aryl methyl sites for hydroxylation is 3. The summed E-state index contributed by atoms with van der Waals surface area (Å²) in [6, 6.07) is 15.2. The van der Waals surface area contributed by atoms with E-state index in [2.05, 4.69) is 68.7 Å². The van der Waals surface area contributed by atoms with Gasteiger partial charge in [-0.25, -0.2) is 5.43 Å². The molecule has 0 bridgehead atoms. The van der Waals surface area contributed by atoms with Gasteiger partial charge >= 0.3 is 0 Å². The van der Waals surface area contributed by atoms with Crippen LogP contribution in [0.5, 0.6) is 0 Å². The van der Waals surface area contributed by atoms with Gasteiger partial charge in [-0.15, -0.1) is 0 Å². The van der Waals surface area contributed by atoms with Crippen LogP contribution in [0.3, 0.4) is 0 Å². The molecule has 1 atom stereocenters. The van der Waals surface area contributed by atoms with E-state index in [0.717, 1.165) is 6.42 Å². The molecule has 2 nitrogen and oxygen atoms in total. The minimum atomic E-state index is 0.0458. The lowest BCUT2D eigenvalue weighted by molar-refractivity contribution is 0.636. The molecule has 0 radical (unpaired) electrons. The molecule has 0 aromatic heterocycles. The molecule has 3 N–H and O–H groups in total. The monoisotopic (exact) mass is 254 g/mol. The summed E-state index contributed by atoms with van der Waals surface area (Å²) in [5.74, 6) is 5.76. The van der Waals surface area contributed by atoms with Crippen molar-refractivity contribution in [1.82, 2.24) is 5.43 Å². The largest absolute Gasteiger partial charge is 0.271 e. The summed E-state index contributed by atoms with van der Waals surface area (Å²) in [7, 11) is 0. The maximum absolute atomic E-state index is 5.76. The van der Waals surface area contributed by atoms with Crippen molar-refractivity contribution in [1.29, 1.82) is 0 Å². The first kappa shape index (κ1) is 13.8. The van der Waals surface area contributed by atoms with Gasteiger partial charge < -0.3 is 0 Å². The van der Waals surface area contributed by atoms with Crippen LogP contribution in [-0.4, -0.2) is 0 Å². The summed E-state index contributed by atoms with van der Waals surface area (Å²) in [6.07, 6.45) is 1.06. The smallest absolute Gasteiger partial charge is 0.0710 e. The Morgan fingerprint density at radius 2 is 1.53 bits per heavy atom. The molecule has 2 aromatic carbocycles. The predicted octanol–water partition coefficient (Wildman–Crippen LogP) is 3.42. The van der Waals surface area contributed by atoms with Gasteiger partial charge in [0.25, 0.3) is 0 Å². The van der Waals surface area contributed by atoms with Crippen LogP contribution in [0.1, 0.15) is 40.8 Å². The minimum Gasteiger partial charge on any atom is -0.271 e. The molecule has 0 amide bonds. The SMILES string of the molecule is CCc1ccc(C(NN)c2cc(C)cc(C)c2)cc1. The standard InChI is InChI=1S/C17H22N2/c1-4-14-5-7-15(8-6-14)17(19-18)16-10-12(2)9-13(3)11-16/h5-11,17,19H,4,18H2,1-3H3. The van der Waals surface area contributed by atoms with Crippen LogP contribution in [0.2, 0.25) is 0 Å². The van der Waals surface area contributed by atoms with Crippen molar-refractivity contribution < 1.29 is 0 Å². The normalized spacial score (nSPS) is 12.4. The lowest BCUT2D eigenvalue weighted by Crippen LogP contribution is -2.29. The third kappa shape index (κ3) is 3.22. The molecule has 0 fully saturated rings. The third-order valence-corrected chi connectivity index (χ3v) is 3.47. The second kappa shape index (κ2) is 6.00. The van der Waals surface area contributed by atoms with Crippen molar-refractivity contribution in [3.05, 3.63) is 70.3 Å². The summed E-state index contributed by atoms with van der Waals surface area (Å²) in [5, 5.41) is 0. The van der Waals surface area contributed by atoms with E-state index < -0.39 is 0 Å². The second-order valence-electron chi connectivity index (χ2n) is 5.12.